The Morgan fingerprint density at radius 2 is 2.41 bits per heavy atom. The fourth-order valence-corrected chi connectivity index (χ4v) is 2.01. The van der Waals surface area contributed by atoms with Crippen LogP contribution in [0.1, 0.15) is 19.8 Å². The molecule has 0 spiro atoms. The van der Waals surface area contributed by atoms with Gasteiger partial charge in [-0.25, -0.2) is 0 Å². The Balaban J connectivity index is 1.93. The molecule has 3 nitrogen and oxygen atoms in total. The van der Waals surface area contributed by atoms with Gasteiger partial charge in [-0.15, -0.1) is 0 Å². The summed E-state index contributed by atoms with van der Waals surface area (Å²) in [6.07, 6.45) is 12.1. The number of hydrogen-bond donors (Lipinski definition) is 1. The maximum absolute atomic E-state index is 12.0. The molecule has 2 aliphatic rings. The largest absolute Gasteiger partial charge is 0.379 e. The lowest BCUT2D eigenvalue weighted by Gasteiger charge is -2.16. The predicted molar refractivity (Wildman–Crippen MR) is 67.5 cm³/mol. The molecule has 0 aromatic carbocycles. The molecule has 0 radical (unpaired) electrons. The van der Waals surface area contributed by atoms with Gasteiger partial charge in [0, 0.05) is 6.61 Å². The number of ether oxygens (including phenoxy) is 1. The van der Waals surface area contributed by atoms with Crippen LogP contribution >= 0.6 is 0 Å². The van der Waals surface area contributed by atoms with Crippen LogP contribution in [0.5, 0.6) is 0 Å². The molecule has 1 aliphatic heterocycles. The number of nitrogens with one attached hydrogen (secondary N) is 1. The third-order valence-electron chi connectivity index (χ3n) is 3.18. The average molecular weight is 233 g/mol. The highest BCUT2D eigenvalue weighted by molar-refractivity contribution is 5.82. The molecule has 1 amide bonds. The molecule has 0 bridgehead atoms. The quantitative estimate of drug-likeness (QED) is 0.809. The molecular weight excluding hydrogens is 214 g/mol. The highest BCUT2D eigenvalue weighted by Crippen LogP contribution is 2.16. The summed E-state index contributed by atoms with van der Waals surface area (Å²) >= 11 is 0. The SMILES string of the molecule is CC(C(=O)N[C@@H]1CCOC1)C1=CC=CCC=C1. The minimum Gasteiger partial charge on any atom is -0.379 e. The summed E-state index contributed by atoms with van der Waals surface area (Å²) in [6.45, 7) is 3.35. The van der Waals surface area contributed by atoms with Gasteiger partial charge < -0.3 is 10.1 Å². The van der Waals surface area contributed by atoms with Crippen molar-refractivity contribution in [3.05, 3.63) is 36.0 Å². The first-order valence-electron chi connectivity index (χ1n) is 6.19. The van der Waals surface area contributed by atoms with E-state index in [1.165, 1.54) is 0 Å². The van der Waals surface area contributed by atoms with Gasteiger partial charge in [0.2, 0.25) is 5.91 Å². The molecule has 92 valence electrons. The Labute approximate surface area is 102 Å². The monoisotopic (exact) mass is 233 g/mol. The van der Waals surface area contributed by atoms with Crippen LogP contribution in [0.4, 0.5) is 0 Å². The van der Waals surface area contributed by atoms with Gasteiger partial charge in [-0.3, -0.25) is 4.79 Å². The first-order valence-corrected chi connectivity index (χ1v) is 6.19. The van der Waals surface area contributed by atoms with Crippen LogP contribution in [0.2, 0.25) is 0 Å². The lowest BCUT2D eigenvalue weighted by atomic mass is 9.99. The van der Waals surface area contributed by atoms with Gasteiger partial charge in [0.05, 0.1) is 18.6 Å². The number of carbonyl (C=O) groups is 1. The normalized spacial score (nSPS) is 25.2. The number of rotatable bonds is 3. The Bertz CT molecular complexity index is 362. The van der Waals surface area contributed by atoms with Gasteiger partial charge in [0.1, 0.15) is 0 Å². The van der Waals surface area contributed by atoms with Crippen molar-refractivity contribution in [2.75, 3.05) is 13.2 Å². The Hall–Kier alpha value is -1.35. The van der Waals surface area contributed by atoms with Crippen molar-refractivity contribution in [1.82, 2.24) is 5.32 Å². The molecule has 17 heavy (non-hydrogen) atoms. The van der Waals surface area contributed by atoms with Crippen molar-refractivity contribution >= 4 is 5.91 Å². The molecule has 1 heterocycles. The van der Waals surface area contributed by atoms with Crippen molar-refractivity contribution in [3.8, 4) is 0 Å². The molecule has 2 atom stereocenters. The van der Waals surface area contributed by atoms with Crippen LogP contribution in [0, 0.1) is 5.92 Å². The van der Waals surface area contributed by atoms with Crippen LogP contribution in [-0.4, -0.2) is 25.2 Å². The number of amides is 1. The Morgan fingerprint density at radius 3 is 3.18 bits per heavy atom. The summed E-state index contributed by atoms with van der Waals surface area (Å²) in [5.41, 5.74) is 1.06. The molecule has 1 N–H and O–H groups in total. The summed E-state index contributed by atoms with van der Waals surface area (Å²) in [6, 6.07) is 0.191. The van der Waals surface area contributed by atoms with E-state index in [4.69, 9.17) is 4.74 Å². The van der Waals surface area contributed by atoms with Crippen molar-refractivity contribution in [2.24, 2.45) is 5.92 Å². The van der Waals surface area contributed by atoms with Crippen LogP contribution in [0.25, 0.3) is 0 Å². The van der Waals surface area contributed by atoms with E-state index < -0.39 is 0 Å². The second-order valence-electron chi connectivity index (χ2n) is 4.52. The molecular formula is C14H19NO2. The molecule has 1 fully saturated rings. The first kappa shape index (κ1) is 12.1. The van der Waals surface area contributed by atoms with E-state index in [-0.39, 0.29) is 17.9 Å². The number of hydrogen-bond acceptors (Lipinski definition) is 2. The van der Waals surface area contributed by atoms with E-state index in [2.05, 4.69) is 17.5 Å². The Morgan fingerprint density at radius 1 is 1.53 bits per heavy atom. The van der Waals surface area contributed by atoms with Crippen LogP contribution in [0.15, 0.2) is 36.0 Å². The lowest BCUT2D eigenvalue weighted by Crippen LogP contribution is -2.38. The first-order chi connectivity index (χ1) is 8.27. The number of allylic oxidation sites excluding steroid dienone is 5. The zero-order valence-corrected chi connectivity index (χ0v) is 10.2. The summed E-state index contributed by atoms with van der Waals surface area (Å²) in [5, 5.41) is 3.03. The molecule has 3 heteroatoms. The third kappa shape index (κ3) is 3.30. The smallest absolute Gasteiger partial charge is 0.227 e. The van der Waals surface area contributed by atoms with Gasteiger partial charge in [-0.1, -0.05) is 30.4 Å². The van der Waals surface area contributed by atoms with Crippen LogP contribution < -0.4 is 5.32 Å². The highest BCUT2D eigenvalue weighted by Gasteiger charge is 2.22. The summed E-state index contributed by atoms with van der Waals surface area (Å²) in [7, 11) is 0. The van der Waals surface area contributed by atoms with Crippen molar-refractivity contribution in [1.29, 1.82) is 0 Å². The maximum atomic E-state index is 12.0. The van der Waals surface area contributed by atoms with Crippen molar-refractivity contribution < 1.29 is 9.53 Å². The predicted octanol–water partition coefficient (Wildman–Crippen LogP) is 1.97. The zero-order valence-electron chi connectivity index (χ0n) is 10.2. The van der Waals surface area contributed by atoms with E-state index in [9.17, 15) is 4.79 Å². The molecule has 0 saturated carbocycles. The zero-order chi connectivity index (χ0) is 12.1. The van der Waals surface area contributed by atoms with E-state index in [1.54, 1.807) is 0 Å². The van der Waals surface area contributed by atoms with Crippen molar-refractivity contribution in [3.63, 3.8) is 0 Å². The highest BCUT2D eigenvalue weighted by atomic mass is 16.5. The minimum absolute atomic E-state index is 0.0895. The molecule has 1 saturated heterocycles. The van der Waals surface area contributed by atoms with Crippen LogP contribution in [-0.2, 0) is 9.53 Å². The molecule has 1 unspecified atom stereocenters. The van der Waals surface area contributed by atoms with E-state index in [0.29, 0.717) is 6.61 Å². The van der Waals surface area contributed by atoms with Gasteiger partial charge in [0.25, 0.3) is 0 Å². The Kier molecular flexibility index (Phi) is 4.15. The summed E-state index contributed by atoms with van der Waals surface area (Å²) < 4.78 is 5.25. The second kappa shape index (κ2) is 5.82. The molecule has 1 aliphatic carbocycles. The topological polar surface area (TPSA) is 38.3 Å². The third-order valence-corrected chi connectivity index (χ3v) is 3.18. The van der Waals surface area contributed by atoms with Gasteiger partial charge in [-0.2, -0.15) is 0 Å². The second-order valence-corrected chi connectivity index (χ2v) is 4.52. The van der Waals surface area contributed by atoms with Crippen molar-refractivity contribution in [2.45, 2.75) is 25.8 Å². The van der Waals surface area contributed by atoms with Crippen LogP contribution in [0.3, 0.4) is 0 Å². The standard InChI is InChI=1S/C14H19NO2/c1-11(12-6-4-2-3-5-7-12)14(16)15-13-8-9-17-10-13/h2,4-7,11,13H,3,8-10H2,1H3,(H,15,16)/t11?,13-/m1/s1. The number of carbonyl (C=O) groups excluding carboxylic acids is 1. The fourth-order valence-electron chi connectivity index (χ4n) is 2.01. The van der Waals surface area contributed by atoms with Gasteiger partial charge in [0.15, 0.2) is 0 Å². The van der Waals surface area contributed by atoms with Gasteiger partial charge >= 0.3 is 0 Å². The molecule has 0 aromatic rings. The summed E-state index contributed by atoms with van der Waals surface area (Å²) in [5.74, 6) is -0.0127. The molecule has 0 aromatic heterocycles. The average Bonchev–Trinajstić information content (AvgIpc) is 2.68. The molecule has 2 rings (SSSR count). The van der Waals surface area contributed by atoms with E-state index >= 15 is 0 Å². The van der Waals surface area contributed by atoms with E-state index in [1.807, 2.05) is 25.2 Å². The minimum atomic E-state index is -0.102. The van der Waals surface area contributed by atoms with Gasteiger partial charge in [-0.05, 0) is 25.3 Å². The fraction of sp³-hybridized carbons (Fsp3) is 0.500. The lowest BCUT2D eigenvalue weighted by molar-refractivity contribution is -0.124. The van der Waals surface area contributed by atoms with E-state index in [0.717, 1.165) is 25.0 Å². The maximum Gasteiger partial charge on any atom is 0.227 e. The summed E-state index contributed by atoms with van der Waals surface area (Å²) in [4.78, 5) is 12.0.